The summed E-state index contributed by atoms with van der Waals surface area (Å²) in [5.41, 5.74) is 0. The molecule has 0 rings (SSSR count). The van der Waals surface area contributed by atoms with E-state index in [9.17, 15) is 19.5 Å². The zero-order valence-electron chi connectivity index (χ0n) is 50.5. The fourth-order valence-corrected chi connectivity index (χ4v) is 7.58. The van der Waals surface area contributed by atoms with E-state index < -0.39 is 24.3 Å². The Hall–Kier alpha value is -5.09. The lowest BCUT2D eigenvalue weighted by Crippen LogP contribution is -2.40. The van der Waals surface area contributed by atoms with Crippen LogP contribution in [0.25, 0.3) is 0 Å². The van der Waals surface area contributed by atoms with Crippen molar-refractivity contribution >= 4 is 17.9 Å². The first-order chi connectivity index (χ1) is 38.6. The van der Waals surface area contributed by atoms with E-state index in [0.29, 0.717) is 17.4 Å². The molecule has 0 aliphatic heterocycles. The highest BCUT2D eigenvalue weighted by atomic mass is 16.7. The van der Waals surface area contributed by atoms with Crippen molar-refractivity contribution in [3.63, 3.8) is 0 Å². The first-order valence-corrected chi connectivity index (χ1v) is 30.6. The van der Waals surface area contributed by atoms with Gasteiger partial charge in [-0.25, -0.2) is 4.79 Å². The lowest BCUT2D eigenvalue weighted by atomic mass is 10.1. The summed E-state index contributed by atoms with van der Waals surface area (Å²) in [5.74, 6) is -2.07. The molecule has 2 atom stereocenters. The van der Waals surface area contributed by atoms with Crippen LogP contribution < -0.4 is 0 Å². The van der Waals surface area contributed by atoms with Gasteiger partial charge < -0.3 is 28.5 Å². The summed E-state index contributed by atoms with van der Waals surface area (Å²) in [6, 6.07) is 0. The van der Waals surface area contributed by atoms with Crippen LogP contribution in [0.3, 0.4) is 0 Å². The minimum atomic E-state index is -1.53. The molecule has 9 heteroatoms. The van der Waals surface area contributed by atoms with Gasteiger partial charge in [-0.3, -0.25) is 9.59 Å². The van der Waals surface area contributed by atoms with Gasteiger partial charge in [0.25, 0.3) is 6.29 Å². The van der Waals surface area contributed by atoms with E-state index in [-0.39, 0.29) is 38.6 Å². The molecule has 2 unspecified atom stereocenters. The summed E-state index contributed by atoms with van der Waals surface area (Å²) in [5, 5.41) is 9.69. The van der Waals surface area contributed by atoms with Crippen molar-refractivity contribution in [3.05, 3.63) is 158 Å². The highest BCUT2D eigenvalue weighted by molar-refractivity contribution is 5.71. The Kier molecular flexibility index (Phi) is 55.2. The summed E-state index contributed by atoms with van der Waals surface area (Å²) in [6.45, 7) is 4.67. The van der Waals surface area contributed by atoms with Crippen LogP contribution in [0.2, 0.25) is 0 Å². The Morgan fingerprint density at radius 3 is 1.09 bits per heavy atom. The number of quaternary nitrogens is 1. The van der Waals surface area contributed by atoms with E-state index in [1.165, 1.54) is 32.1 Å². The van der Waals surface area contributed by atoms with E-state index in [0.717, 1.165) is 141 Å². The molecule has 0 aromatic carbocycles. The summed E-state index contributed by atoms with van der Waals surface area (Å²) in [4.78, 5) is 37.3. The van der Waals surface area contributed by atoms with Crippen LogP contribution in [-0.2, 0) is 33.3 Å². The second kappa shape index (κ2) is 59.0. The zero-order valence-corrected chi connectivity index (χ0v) is 50.5. The van der Waals surface area contributed by atoms with Crippen molar-refractivity contribution in [1.82, 2.24) is 0 Å². The zero-order chi connectivity index (χ0) is 57.6. The number of ether oxygens (including phenoxy) is 4. The molecule has 0 bridgehead atoms. The second-order valence-electron chi connectivity index (χ2n) is 20.9. The Morgan fingerprint density at radius 1 is 0.392 bits per heavy atom. The van der Waals surface area contributed by atoms with Crippen LogP contribution in [0, 0.1) is 0 Å². The largest absolute Gasteiger partial charge is 0.477 e. The molecule has 1 N–H and O–H groups in total. The van der Waals surface area contributed by atoms with Crippen molar-refractivity contribution in [2.45, 2.75) is 219 Å². The van der Waals surface area contributed by atoms with Gasteiger partial charge in [0.15, 0.2) is 6.10 Å². The molecule has 0 fully saturated rings. The molecule has 0 aliphatic carbocycles. The van der Waals surface area contributed by atoms with Gasteiger partial charge in [0.2, 0.25) is 0 Å². The predicted octanol–water partition coefficient (Wildman–Crippen LogP) is 18.6. The first kappa shape index (κ1) is 73.9. The molecule has 9 nitrogen and oxygen atoms in total. The van der Waals surface area contributed by atoms with E-state index in [2.05, 4.69) is 172 Å². The Morgan fingerprint density at radius 2 is 0.722 bits per heavy atom. The van der Waals surface area contributed by atoms with Crippen LogP contribution in [-0.4, -0.2) is 87.4 Å². The van der Waals surface area contributed by atoms with Gasteiger partial charge in [0, 0.05) is 12.8 Å². The van der Waals surface area contributed by atoms with Gasteiger partial charge in [0.1, 0.15) is 13.2 Å². The summed E-state index contributed by atoms with van der Waals surface area (Å²) < 4.78 is 22.8. The normalized spacial score (nSPS) is 13.9. The van der Waals surface area contributed by atoms with E-state index >= 15 is 0 Å². The number of aliphatic carboxylic acids is 1. The highest BCUT2D eigenvalue weighted by Gasteiger charge is 2.25. The van der Waals surface area contributed by atoms with Gasteiger partial charge in [-0.05, 0) is 128 Å². The minimum absolute atomic E-state index is 0.173. The van der Waals surface area contributed by atoms with Crippen molar-refractivity contribution in [3.8, 4) is 0 Å². The Bertz CT molecular complexity index is 1850. The molecular formula is C70H112NO8+. The molecule has 0 spiro atoms. The standard InChI is InChI=1S/C70H111NO8/c1-6-8-10-12-14-16-18-20-21-22-23-24-25-26-27-28-29-30-31-32-33-34-35-36-37-38-39-40-41-42-43-44-45-46-47-49-51-53-55-57-59-61-68(73)79-66(65-78-70(69(74)75)76-63-62-71(3,4)5)64-77-67(72)60-58-56-54-52-50-48-19-17-15-13-11-9-7-2/h8,10,14,16-17,19-21,23-24,26-27,29-30,32-33,35-36,38-39,41-42,44-45,47,49,66,70H,6-7,9,11-13,15,18,22,25,28,31,34,37,40,43,46,48,50-65H2,1-5H3/p+1/b10-8-,16-14-,19-17-,21-20-,24-23-,27-26-,30-29-,33-32-,36-35-,39-38-,42-41-,45-44-,49-47-. The smallest absolute Gasteiger partial charge is 0.361 e. The van der Waals surface area contributed by atoms with Crippen molar-refractivity contribution in [1.29, 1.82) is 0 Å². The third-order valence-corrected chi connectivity index (χ3v) is 12.3. The van der Waals surface area contributed by atoms with E-state index in [1.807, 2.05) is 21.1 Å². The fraction of sp³-hybridized carbons (Fsp3) is 0.586. The van der Waals surface area contributed by atoms with Gasteiger partial charge in [-0.15, -0.1) is 0 Å². The first-order valence-electron chi connectivity index (χ1n) is 30.6. The number of unbranched alkanes of at least 4 members (excludes halogenated alkanes) is 13. The third kappa shape index (κ3) is 60.4. The van der Waals surface area contributed by atoms with Crippen molar-refractivity contribution in [2.75, 3.05) is 47.5 Å². The number of likely N-dealkylation sites (N-methyl/N-ethyl adjacent to an activating group) is 1. The third-order valence-electron chi connectivity index (χ3n) is 12.3. The van der Waals surface area contributed by atoms with Crippen molar-refractivity contribution in [2.24, 2.45) is 0 Å². The summed E-state index contributed by atoms with van der Waals surface area (Å²) >= 11 is 0. The molecule has 79 heavy (non-hydrogen) atoms. The SMILES string of the molecule is CC/C=C\C/C=C\C/C=C\C/C=C\C/C=C\C/C=C\C/C=C\C/C=C\C/C=C\C/C=C\C/C=C\C/C=C\CCCCCCC(=O)OC(COC(=O)CCCCCCC/C=C\CCCCCC)COC(OCC[N+](C)(C)C)C(=O)O. The predicted molar refractivity (Wildman–Crippen MR) is 336 cm³/mol. The van der Waals surface area contributed by atoms with Gasteiger partial charge >= 0.3 is 17.9 Å². The number of nitrogens with zero attached hydrogens (tertiary/aromatic N) is 1. The molecule has 0 aliphatic rings. The summed E-state index contributed by atoms with van der Waals surface area (Å²) in [6.07, 6.45) is 84.8. The van der Waals surface area contributed by atoms with Crippen LogP contribution >= 0.6 is 0 Å². The number of esters is 2. The lowest BCUT2D eigenvalue weighted by Gasteiger charge is -2.25. The number of rotatable bonds is 54. The molecule has 0 aromatic rings. The van der Waals surface area contributed by atoms with Crippen LogP contribution in [0.5, 0.6) is 0 Å². The van der Waals surface area contributed by atoms with Crippen LogP contribution in [0.15, 0.2) is 158 Å². The average Bonchev–Trinajstić information content (AvgIpc) is 3.42. The Balaban J connectivity index is 4.24. The highest BCUT2D eigenvalue weighted by Crippen LogP contribution is 2.13. The topological polar surface area (TPSA) is 108 Å². The molecule has 444 valence electrons. The van der Waals surface area contributed by atoms with Crippen molar-refractivity contribution < 1.29 is 42.9 Å². The molecule has 0 amide bonds. The number of carbonyl (C=O) groups is 3. The fourth-order valence-electron chi connectivity index (χ4n) is 7.58. The maximum atomic E-state index is 12.9. The van der Waals surface area contributed by atoms with Crippen LogP contribution in [0.4, 0.5) is 0 Å². The Labute approximate surface area is 483 Å². The molecule has 0 radical (unpaired) electrons. The molecule has 0 saturated heterocycles. The summed E-state index contributed by atoms with van der Waals surface area (Å²) in [7, 11) is 5.94. The van der Waals surface area contributed by atoms with Gasteiger partial charge in [0.05, 0.1) is 34.4 Å². The maximum Gasteiger partial charge on any atom is 0.361 e. The van der Waals surface area contributed by atoms with Crippen LogP contribution in [0.1, 0.15) is 206 Å². The number of carboxylic acid groups (broad SMARTS) is 1. The lowest BCUT2D eigenvalue weighted by molar-refractivity contribution is -0.870. The maximum absolute atomic E-state index is 12.9. The number of allylic oxidation sites excluding steroid dienone is 26. The number of hydrogen-bond acceptors (Lipinski definition) is 7. The van der Waals surface area contributed by atoms with Gasteiger partial charge in [-0.2, -0.15) is 0 Å². The second-order valence-corrected chi connectivity index (χ2v) is 20.9. The van der Waals surface area contributed by atoms with E-state index in [4.69, 9.17) is 18.9 Å². The minimum Gasteiger partial charge on any atom is -0.477 e. The molecule has 0 heterocycles. The average molecular weight is 1100 g/mol. The molecular weight excluding hydrogens is 983 g/mol. The number of carboxylic acids is 1. The molecule has 0 saturated carbocycles. The van der Waals surface area contributed by atoms with E-state index in [1.54, 1.807) is 0 Å². The number of hydrogen-bond donors (Lipinski definition) is 1. The molecule has 0 aromatic heterocycles. The quantitative estimate of drug-likeness (QED) is 0.0211. The monoisotopic (exact) mass is 1090 g/mol. The van der Waals surface area contributed by atoms with Gasteiger partial charge in [-0.1, -0.05) is 223 Å². The number of carbonyl (C=O) groups excluding carboxylic acids is 2.